The van der Waals surface area contributed by atoms with Gasteiger partial charge < -0.3 is 39.8 Å². The lowest BCUT2D eigenvalue weighted by Gasteiger charge is -2.42. The molecule has 0 bridgehead atoms. The fraction of sp³-hybridized carbons (Fsp3) is 0.429. The van der Waals surface area contributed by atoms with E-state index in [1.807, 2.05) is 41.3 Å². The number of sulfonamides is 1. The van der Waals surface area contributed by atoms with E-state index in [2.05, 4.69) is 55.8 Å². The second-order valence-corrected chi connectivity index (χ2v) is 21.6. The summed E-state index contributed by atoms with van der Waals surface area (Å²) < 4.78 is 42.0. The summed E-state index contributed by atoms with van der Waals surface area (Å²) in [5.41, 5.74) is 5.30. The van der Waals surface area contributed by atoms with Gasteiger partial charge in [-0.2, -0.15) is 4.98 Å². The van der Waals surface area contributed by atoms with Crippen molar-refractivity contribution in [2.45, 2.75) is 82.2 Å². The van der Waals surface area contributed by atoms with E-state index in [-0.39, 0.29) is 36.2 Å². The molecule has 3 atom stereocenters. The maximum Gasteiger partial charge on any atom is 0.293 e. The van der Waals surface area contributed by atoms with Gasteiger partial charge in [0, 0.05) is 74.0 Å². The van der Waals surface area contributed by atoms with Crippen molar-refractivity contribution in [2.75, 3.05) is 67.5 Å². The molecule has 3 aromatic carbocycles. The van der Waals surface area contributed by atoms with Crippen molar-refractivity contribution in [3.8, 4) is 5.88 Å². The predicted octanol–water partition coefficient (Wildman–Crippen LogP) is 7.26. The number of aliphatic hydroxyl groups is 2. The van der Waals surface area contributed by atoms with Crippen LogP contribution in [-0.4, -0.2) is 121 Å². The molecule has 9 rings (SSSR count). The number of hydrogen-bond donors (Lipinski definition) is 5. The van der Waals surface area contributed by atoms with Crippen LogP contribution in [0, 0.1) is 15.5 Å². The smallest absolute Gasteiger partial charge is 0.293 e. The number of carbonyl (C=O) groups is 1. The standard InChI is InChI=1S/C49H57ClN8O9S/c1-48(2)15-13-32(38(27-48)30-5-7-33(50)8-6-30)29-55-17-19-56(20-18-55)34-9-11-37(40(24-34)57-21-22-66-47-42(57)23-31-14-16-51-45(31)53-47)46(61)54-68(64,65)36-10-12-39(41(26-36)58(62)63)52-28-35-25-43(59)44(60)49(3,4)67-35/h5-12,14,16,23-24,26,35,43-44,52,59-60H,13,15,17-22,25,27-29H2,1-4H3,(H,51,53)(H,54,61). The predicted molar refractivity (Wildman–Crippen MR) is 262 cm³/mol. The number of aromatic nitrogens is 2. The van der Waals surface area contributed by atoms with Crippen molar-refractivity contribution in [1.29, 1.82) is 0 Å². The van der Waals surface area contributed by atoms with Gasteiger partial charge >= 0.3 is 0 Å². The summed E-state index contributed by atoms with van der Waals surface area (Å²) in [6.07, 6.45) is 2.24. The maximum atomic E-state index is 14.4. The minimum atomic E-state index is -4.66. The van der Waals surface area contributed by atoms with Crippen LogP contribution in [0.2, 0.25) is 5.02 Å². The number of rotatable bonds is 12. The average molecular weight is 970 g/mol. The Morgan fingerprint density at radius 3 is 2.49 bits per heavy atom. The van der Waals surface area contributed by atoms with Gasteiger partial charge in [-0.3, -0.25) is 19.8 Å². The molecule has 0 spiro atoms. The van der Waals surface area contributed by atoms with Crippen LogP contribution in [0.15, 0.2) is 89.5 Å². The molecular formula is C49H57ClN8O9S. The second-order valence-electron chi connectivity index (χ2n) is 19.5. The Morgan fingerprint density at radius 2 is 1.75 bits per heavy atom. The highest BCUT2D eigenvalue weighted by atomic mass is 35.5. The first-order valence-corrected chi connectivity index (χ1v) is 24.8. The number of allylic oxidation sites excluding steroid dienone is 1. The van der Waals surface area contributed by atoms with Crippen LogP contribution in [0.3, 0.4) is 0 Å². The summed E-state index contributed by atoms with van der Waals surface area (Å²) in [7, 11) is -4.66. The number of aromatic amines is 1. The monoisotopic (exact) mass is 968 g/mol. The summed E-state index contributed by atoms with van der Waals surface area (Å²) in [6, 6.07) is 20.6. The van der Waals surface area contributed by atoms with Crippen molar-refractivity contribution in [1.82, 2.24) is 19.6 Å². The average Bonchev–Trinajstić information content (AvgIpc) is 3.77. The number of amides is 1. The van der Waals surface area contributed by atoms with Crippen LogP contribution in [0.4, 0.5) is 28.4 Å². The summed E-state index contributed by atoms with van der Waals surface area (Å²) >= 11 is 6.27. The van der Waals surface area contributed by atoms with Gasteiger partial charge in [0.1, 0.15) is 29.7 Å². The van der Waals surface area contributed by atoms with Crippen molar-refractivity contribution in [3.05, 3.63) is 111 Å². The molecule has 5 aromatic rings. The van der Waals surface area contributed by atoms with E-state index in [1.165, 1.54) is 28.8 Å². The summed E-state index contributed by atoms with van der Waals surface area (Å²) in [5, 5.41) is 37.4. The first-order valence-electron chi connectivity index (χ1n) is 22.9. The maximum absolute atomic E-state index is 14.4. The molecule has 2 aromatic heterocycles. The summed E-state index contributed by atoms with van der Waals surface area (Å²) in [5.74, 6) is -0.570. The quantitative estimate of drug-likeness (QED) is 0.0615. The zero-order chi connectivity index (χ0) is 48.1. The van der Waals surface area contributed by atoms with Gasteiger partial charge in [-0.05, 0) is 104 Å². The number of piperazine rings is 1. The molecule has 0 saturated carbocycles. The van der Waals surface area contributed by atoms with Crippen LogP contribution in [0.25, 0.3) is 16.6 Å². The molecular weight excluding hydrogens is 912 g/mol. The minimum absolute atomic E-state index is 0.00919. The third kappa shape index (κ3) is 9.89. The van der Waals surface area contributed by atoms with Crippen molar-refractivity contribution < 1.29 is 37.8 Å². The van der Waals surface area contributed by atoms with E-state index in [0.29, 0.717) is 29.4 Å². The number of hydrogen-bond acceptors (Lipinski definition) is 14. The van der Waals surface area contributed by atoms with Crippen LogP contribution in [0.5, 0.6) is 5.88 Å². The van der Waals surface area contributed by atoms with Crippen molar-refractivity contribution in [3.63, 3.8) is 0 Å². The molecule has 19 heteroatoms. The summed E-state index contributed by atoms with van der Waals surface area (Å²) in [4.78, 5) is 39.9. The number of nitro benzene ring substituents is 1. The van der Waals surface area contributed by atoms with Gasteiger partial charge in [-0.25, -0.2) is 13.1 Å². The Balaban J connectivity index is 0.964. The van der Waals surface area contributed by atoms with Gasteiger partial charge in [-0.1, -0.05) is 43.2 Å². The number of anilines is 4. The topological polar surface area (TPSA) is 216 Å². The third-order valence-electron chi connectivity index (χ3n) is 13.6. The zero-order valence-electron chi connectivity index (χ0n) is 38.5. The first-order chi connectivity index (χ1) is 32.3. The number of H-pyrrole nitrogens is 1. The first kappa shape index (κ1) is 47.3. The number of nitro groups is 1. The number of carbonyl (C=O) groups excluding carboxylic acids is 1. The number of aliphatic hydroxyl groups excluding tert-OH is 2. The molecule has 3 aliphatic heterocycles. The molecule has 17 nitrogen and oxygen atoms in total. The third-order valence-corrected chi connectivity index (χ3v) is 15.2. The Kier molecular flexibility index (Phi) is 13.0. The number of nitrogens with zero attached hydrogens (tertiary/aromatic N) is 5. The van der Waals surface area contributed by atoms with Crippen molar-refractivity contribution >= 4 is 72.6 Å². The van der Waals surface area contributed by atoms with E-state index in [4.69, 9.17) is 21.1 Å². The molecule has 1 aliphatic carbocycles. The highest BCUT2D eigenvalue weighted by Gasteiger charge is 2.42. The van der Waals surface area contributed by atoms with Crippen LogP contribution >= 0.6 is 11.6 Å². The molecule has 1 amide bonds. The molecule has 4 aliphatic rings. The van der Waals surface area contributed by atoms with Gasteiger partial charge in [0.2, 0.25) is 5.88 Å². The Labute approximate surface area is 400 Å². The van der Waals surface area contributed by atoms with Gasteiger partial charge in [0.05, 0.1) is 45.4 Å². The van der Waals surface area contributed by atoms with Gasteiger partial charge in [-0.15, -0.1) is 0 Å². The highest BCUT2D eigenvalue weighted by Crippen LogP contribution is 2.44. The fourth-order valence-corrected chi connectivity index (χ4v) is 11.0. The SMILES string of the molecule is CC1(C)CCC(CN2CCN(c3ccc(C(=O)NS(=O)(=O)c4ccc(NCC5CC(O)C(O)C(C)(C)O5)c([N+](=O)[O-])c4)c(N4CCOc5nc6[nH]ccc6cc54)c3)CC2)=C(c2ccc(Cl)cc2)C1. The molecule has 5 heterocycles. The molecule has 0 radical (unpaired) electrons. The zero-order valence-corrected chi connectivity index (χ0v) is 40.1. The van der Waals surface area contributed by atoms with Crippen LogP contribution in [0.1, 0.15) is 69.3 Å². The van der Waals surface area contributed by atoms with E-state index in [0.717, 1.165) is 74.1 Å². The normalized spacial score (nSPS) is 21.8. The Morgan fingerprint density at radius 1 is 0.985 bits per heavy atom. The molecule has 5 N–H and O–H groups in total. The highest BCUT2D eigenvalue weighted by molar-refractivity contribution is 7.90. The number of pyridine rings is 1. The van der Waals surface area contributed by atoms with Crippen molar-refractivity contribution in [2.24, 2.45) is 5.41 Å². The fourth-order valence-electron chi connectivity index (χ4n) is 9.86. The number of ether oxygens (including phenoxy) is 2. The molecule has 3 unspecified atom stereocenters. The van der Waals surface area contributed by atoms with E-state index in [1.54, 1.807) is 26.1 Å². The summed E-state index contributed by atoms with van der Waals surface area (Å²) in [6.45, 7) is 12.5. The minimum Gasteiger partial charge on any atom is -0.474 e. The van der Waals surface area contributed by atoms with Crippen LogP contribution < -0.4 is 24.6 Å². The molecule has 360 valence electrons. The number of halogens is 1. The largest absolute Gasteiger partial charge is 0.474 e. The van der Waals surface area contributed by atoms with E-state index in [9.17, 15) is 33.5 Å². The molecule has 2 saturated heterocycles. The van der Waals surface area contributed by atoms with Gasteiger partial charge in [0.15, 0.2) is 0 Å². The van der Waals surface area contributed by atoms with Crippen LogP contribution in [-0.2, 0) is 14.8 Å². The number of nitrogens with one attached hydrogen (secondary N) is 3. The lowest BCUT2D eigenvalue weighted by molar-refractivity contribution is -0.384. The van der Waals surface area contributed by atoms with E-state index < -0.39 is 55.3 Å². The lowest BCUT2D eigenvalue weighted by Crippen LogP contribution is -2.55. The lowest BCUT2D eigenvalue weighted by atomic mass is 9.72. The Hall–Kier alpha value is -5.76. The number of fused-ring (bicyclic) bond motifs is 2. The number of benzene rings is 3. The second kappa shape index (κ2) is 18.6. The van der Waals surface area contributed by atoms with Gasteiger partial charge in [0.25, 0.3) is 21.6 Å². The Bertz CT molecular complexity index is 2880. The van der Waals surface area contributed by atoms with E-state index >= 15 is 0 Å². The molecule has 2 fully saturated rings. The molecule has 68 heavy (non-hydrogen) atoms.